The molecule has 1 unspecified atom stereocenters. The minimum absolute atomic E-state index is 0.105. The van der Waals surface area contributed by atoms with E-state index in [9.17, 15) is 4.39 Å². The molecule has 0 aliphatic heterocycles. The van der Waals surface area contributed by atoms with Gasteiger partial charge < -0.3 is 5.32 Å². The van der Waals surface area contributed by atoms with Crippen LogP contribution in [0.3, 0.4) is 0 Å². The maximum absolute atomic E-state index is 13.0. The van der Waals surface area contributed by atoms with Crippen molar-refractivity contribution in [1.82, 2.24) is 20.5 Å². The van der Waals surface area contributed by atoms with Crippen LogP contribution in [0.25, 0.3) is 0 Å². The van der Waals surface area contributed by atoms with E-state index in [1.807, 2.05) is 20.0 Å². The highest BCUT2D eigenvalue weighted by Gasteiger charge is 2.06. The van der Waals surface area contributed by atoms with Gasteiger partial charge in [0.15, 0.2) is 0 Å². The van der Waals surface area contributed by atoms with E-state index in [2.05, 4.69) is 20.5 Å². The van der Waals surface area contributed by atoms with E-state index in [-0.39, 0.29) is 11.9 Å². The molecular formula is C14H19FN4. The number of aromatic amines is 1. The summed E-state index contributed by atoms with van der Waals surface area (Å²) in [6.07, 6.45) is 6.80. The Balaban J connectivity index is 1.75. The van der Waals surface area contributed by atoms with E-state index in [0.717, 1.165) is 30.6 Å². The largest absolute Gasteiger partial charge is 0.310 e. The summed E-state index contributed by atoms with van der Waals surface area (Å²) in [5.41, 5.74) is 3.25. The number of pyridine rings is 1. The molecule has 0 radical (unpaired) electrons. The summed E-state index contributed by atoms with van der Waals surface area (Å²) in [7, 11) is 0. The lowest BCUT2D eigenvalue weighted by atomic mass is 10.1. The van der Waals surface area contributed by atoms with Crippen LogP contribution in [0.1, 0.15) is 36.2 Å². The lowest BCUT2D eigenvalue weighted by Gasteiger charge is -2.13. The van der Waals surface area contributed by atoms with Crippen molar-refractivity contribution in [2.45, 2.75) is 32.7 Å². The molecule has 19 heavy (non-hydrogen) atoms. The molecule has 0 aliphatic rings. The van der Waals surface area contributed by atoms with Crippen molar-refractivity contribution in [2.24, 2.45) is 0 Å². The van der Waals surface area contributed by atoms with Crippen molar-refractivity contribution in [3.63, 3.8) is 0 Å². The summed E-state index contributed by atoms with van der Waals surface area (Å²) < 4.78 is 13.0. The molecule has 2 aromatic rings. The van der Waals surface area contributed by atoms with Gasteiger partial charge in [-0.25, -0.2) is 4.39 Å². The summed E-state index contributed by atoms with van der Waals surface area (Å²) in [5, 5.41) is 10.3. The van der Waals surface area contributed by atoms with Crippen LogP contribution in [-0.4, -0.2) is 21.7 Å². The minimum Gasteiger partial charge on any atom is -0.310 e. The fourth-order valence-electron chi connectivity index (χ4n) is 2.01. The molecule has 2 heterocycles. The quantitative estimate of drug-likeness (QED) is 0.787. The Morgan fingerprint density at radius 2 is 2.21 bits per heavy atom. The summed E-state index contributed by atoms with van der Waals surface area (Å²) in [6.45, 7) is 4.92. The van der Waals surface area contributed by atoms with Gasteiger partial charge in [0.05, 0.1) is 12.4 Å². The summed E-state index contributed by atoms with van der Waals surface area (Å²) in [4.78, 5) is 3.86. The Labute approximate surface area is 112 Å². The average molecular weight is 262 g/mol. The van der Waals surface area contributed by atoms with Crippen LogP contribution in [-0.2, 0) is 6.42 Å². The first-order valence-electron chi connectivity index (χ1n) is 6.49. The predicted octanol–water partition coefficient (Wildman–Crippen LogP) is 2.54. The number of hydrogen-bond donors (Lipinski definition) is 2. The van der Waals surface area contributed by atoms with Gasteiger partial charge in [0.25, 0.3) is 0 Å². The van der Waals surface area contributed by atoms with Crippen molar-refractivity contribution in [3.05, 3.63) is 47.3 Å². The molecular weight excluding hydrogens is 243 g/mol. The molecule has 0 aromatic carbocycles. The monoisotopic (exact) mass is 262 g/mol. The van der Waals surface area contributed by atoms with Crippen LogP contribution in [0.15, 0.2) is 24.7 Å². The highest BCUT2D eigenvalue weighted by molar-refractivity contribution is 5.15. The molecule has 0 amide bonds. The number of rotatable bonds is 6. The van der Waals surface area contributed by atoms with Gasteiger partial charge in [-0.2, -0.15) is 5.10 Å². The van der Waals surface area contributed by atoms with Gasteiger partial charge in [-0.15, -0.1) is 0 Å². The standard InChI is InChI=1S/C14H19FN4/c1-10(13-6-14(15)9-16-7-13)17-5-3-4-12-8-18-19-11(12)2/h6-10,17H,3-5H2,1-2H3,(H,18,19). The number of aryl methyl sites for hydroxylation is 2. The van der Waals surface area contributed by atoms with Crippen molar-refractivity contribution < 1.29 is 4.39 Å². The van der Waals surface area contributed by atoms with Crippen LogP contribution in [0.4, 0.5) is 4.39 Å². The first-order valence-corrected chi connectivity index (χ1v) is 6.49. The maximum atomic E-state index is 13.0. The highest BCUT2D eigenvalue weighted by Crippen LogP contribution is 2.12. The lowest BCUT2D eigenvalue weighted by molar-refractivity contribution is 0.548. The lowest BCUT2D eigenvalue weighted by Crippen LogP contribution is -2.20. The zero-order valence-corrected chi connectivity index (χ0v) is 11.3. The third-order valence-corrected chi connectivity index (χ3v) is 3.23. The number of H-pyrrole nitrogens is 1. The zero-order valence-electron chi connectivity index (χ0n) is 11.3. The van der Waals surface area contributed by atoms with E-state index in [4.69, 9.17) is 0 Å². The predicted molar refractivity (Wildman–Crippen MR) is 72.3 cm³/mol. The number of nitrogens with zero attached hydrogens (tertiary/aromatic N) is 2. The second-order valence-electron chi connectivity index (χ2n) is 4.74. The third-order valence-electron chi connectivity index (χ3n) is 3.23. The maximum Gasteiger partial charge on any atom is 0.141 e. The Morgan fingerprint density at radius 3 is 2.89 bits per heavy atom. The van der Waals surface area contributed by atoms with Crippen molar-refractivity contribution in [2.75, 3.05) is 6.54 Å². The first kappa shape index (κ1) is 13.7. The Kier molecular flexibility index (Phi) is 4.63. The van der Waals surface area contributed by atoms with E-state index < -0.39 is 0 Å². The molecule has 2 aromatic heterocycles. The average Bonchev–Trinajstić information content (AvgIpc) is 2.80. The van der Waals surface area contributed by atoms with Gasteiger partial charge in [0, 0.05) is 17.9 Å². The molecule has 0 saturated carbocycles. The van der Waals surface area contributed by atoms with Gasteiger partial charge >= 0.3 is 0 Å². The molecule has 0 saturated heterocycles. The van der Waals surface area contributed by atoms with E-state index in [0.29, 0.717) is 0 Å². The highest BCUT2D eigenvalue weighted by atomic mass is 19.1. The van der Waals surface area contributed by atoms with Gasteiger partial charge in [0.1, 0.15) is 5.82 Å². The van der Waals surface area contributed by atoms with Crippen LogP contribution < -0.4 is 5.32 Å². The molecule has 2 N–H and O–H groups in total. The molecule has 0 fully saturated rings. The fraction of sp³-hybridized carbons (Fsp3) is 0.429. The smallest absolute Gasteiger partial charge is 0.141 e. The van der Waals surface area contributed by atoms with Gasteiger partial charge in [-0.05, 0) is 50.4 Å². The van der Waals surface area contributed by atoms with Crippen molar-refractivity contribution >= 4 is 0 Å². The van der Waals surface area contributed by atoms with Gasteiger partial charge in [-0.1, -0.05) is 0 Å². The topological polar surface area (TPSA) is 53.6 Å². The number of aromatic nitrogens is 3. The minimum atomic E-state index is -0.292. The summed E-state index contributed by atoms with van der Waals surface area (Å²) >= 11 is 0. The first-order chi connectivity index (χ1) is 9.16. The van der Waals surface area contributed by atoms with Gasteiger partial charge in [0.2, 0.25) is 0 Å². The fourth-order valence-corrected chi connectivity index (χ4v) is 2.01. The Morgan fingerprint density at radius 1 is 1.37 bits per heavy atom. The molecule has 1 atom stereocenters. The zero-order chi connectivity index (χ0) is 13.7. The second-order valence-corrected chi connectivity index (χ2v) is 4.74. The SMILES string of the molecule is Cc1[nH]ncc1CCCNC(C)c1cncc(F)c1. The normalized spacial score (nSPS) is 12.6. The molecule has 0 aliphatic carbocycles. The van der Waals surface area contributed by atoms with Crippen molar-refractivity contribution in [3.8, 4) is 0 Å². The van der Waals surface area contributed by atoms with Crippen LogP contribution >= 0.6 is 0 Å². The van der Waals surface area contributed by atoms with Crippen LogP contribution in [0.2, 0.25) is 0 Å². The second kappa shape index (κ2) is 6.43. The number of nitrogens with one attached hydrogen (secondary N) is 2. The van der Waals surface area contributed by atoms with E-state index >= 15 is 0 Å². The summed E-state index contributed by atoms with van der Waals surface area (Å²) in [5.74, 6) is -0.292. The molecule has 102 valence electrons. The van der Waals surface area contributed by atoms with E-state index in [1.54, 1.807) is 6.20 Å². The Hall–Kier alpha value is -1.75. The molecule has 0 bridgehead atoms. The van der Waals surface area contributed by atoms with Crippen LogP contribution in [0.5, 0.6) is 0 Å². The van der Waals surface area contributed by atoms with E-state index in [1.165, 1.54) is 17.8 Å². The van der Waals surface area contributed by atoms with Gasteiger partial charge in [-0.3, -0.25) is 10.1 Å². The molecule has 4 nitrogen and oxygen atoms in total. The van der Waals surface area contributed by atoms with Crippen LogP contribution in [0, 0.1) is 12.7 Å². The molecule has 0 spiro atoms. The van der Waals surface area contributed by atoms with Crippen molar-refractivity contribution in [1.29, 1.82) is 0 Å². The molecule has 5 heteroatoms. The summed E-state index contributed by atoms with van der Waals surface area (Å²) in [6, 6.07) is 1.62. The number of hydrogen-bond acceptors (Lipinski definition) is 3. The number of halogens is 1. The Bertz CT molecular complexity index is 524. The molecule has 2 rings (SSSR count). The third kappa shape index (κ3) is 3.86.